The molecule has 1 saturated carbocycles. The molecule has 1 aromatic rings. The van der Waals surface area contributed by atoms with Crippen molar-refractivity contribution in [3.05, 3.63) is 29.8 Å². The average molecular weight is 255 g/mol. The molecule has 0 atom stereocenters. The number of carboxylic acid groups (broad SMARTS) is 1. The molecule has 18 heavy (non-hydrogen) atoms. The van der Waals surface area contributed by atoms with Crippen LogP contribution in [0.2, 0.25) is 0 Å². The van der Waals surface area contributed by atoms with Crippen LogP contribution in [-0.2, 0) is 4.79 Å². The van der Waals surface area contributed by atoms with Crippen LogP contribution in [0.1, 0.15) is 25.7 Å². The summed E-state index contributed by atoms with van der Waals surface area (Å²) in [6, 6.07) is 3.29. The van der Waals surface area contributed by atoms with Crippen LogP contribution in [0.25, 0.3) is 0 Å². The van der Waals surface area contributed by atoms with Crippen LogP contribution in [0.4, 0.5) is 14.5 Å². The van der Waals surface area contributed by atoms with Gasteiger partial charge in [-0.2, -0.15) is 0 Å². The maximum Gasteiger partial charge on any atom is 0.306 e. The summed E-state index contributed by atoms with van der Waals surface area (Å²) in [7, 11) is 0. The van der Waals surface area contributed by atoms with E-state index in [0.29, 0.717) is 25.7 Å². The Kier molecular flexibility index (Phi) is 3.79. The van der Waals surface area contributed by atoms with Gasteiger partial charge in [-0.1, -0.05) is 0 Å². The van der Waals surface area contributed by atoms with E-state index in [1.54, 1.807) is 0 Å². The summed E-state index contributed by atoms with van der Waals surface area (Å²) in [4.78, 5) is 10.8. The number of hydrogen-bond donors (Lipinski definition) is 2. The van der Waals surface area contributed by atoms with Crippen molar-refractivity contribution in [2.24, 2.45) is 5.92 Å². The van der Waals surface area contributed by atoms with Crippen molar-refractivity contribution in [3.63, 3.8) is 0 Å². The maximum absolute atomic E-state index is 13.4. The molecule has 1 aliphatic rings. The smallest absolute Gasteiger partial charge is 0.306 e. The molecule has 0 bridgehead atoms. The third-order valence-corrected chi connectivity index (χ3v) is 3.36. The Labute approximate surface area is 104 Å². The molecular weight excluding hydrogens is 240 g/mol. The largest absolute Gasteiger partial charge is 0.481 e. The second-order valence-corrected chi connectivity index (χ2v) is 4.66. The number of nitrogens with one attached hydrogen (secondary N) is 1. The van der Waals surface area contributed by atoms with Crippen molar-refractivity contribution in [1.29, 1.82) is 0 Å². The van der Waals surface area contributed by atoms with Gasteiger partial charge in [0.15, 0.2) is 0 Å². The summed E-state index contributed by atoms with van der Waals surface area (Å²) in [5, 5.41) is 11.8. The molecule has 2 N–H and O–H groups in total. The van der Waals surface area contributed by atoms with E-state index in [4.69, 9.17) is 5.11 Å². The first-order valence-corrected chi connectivity index (χ1v) is 6.00. The van der Waals surface area contributed by atoms with Crippen molar-refractivity contribution in [3.8, 4) is 0 Å². The van der Waals surface area contributed by atoms with Gasteiger partial charge in [-0.15, -0.1) is 0 Å². The number of carbonyl (C=O) groups is 1. The van der Waals surface area contributed by atoms with Gasteiger partial charge in [0, 0.05) is 6.04 Å². The highest BCUT2D eigenvalue weighted by Gasteiger charge is 2.26. The number of aliphatic carboxylic acids is 1. The third-order valence-electron chi connectivity index (χ3n) is 3.36. The van der Waals surface area contributed by atoms with E-state index in [2.05, 4.69) is 5.32 Å². The molecule has 0 aromatic heterocycles. The van der Waals surface area contributed by atoms with Crippen LogP contribution >= 0.6 is 0 Å². The van der Waals surface area contributed by atoms with Crippen LogP contribution in [0.15, 0.2) is 18.2 Å². The molecule has 0 spiro atoms. The normalized spacial score (nSPS) is 23.7. The standard InChI is InChI=1S/C13H15F2NO2/c14-9-3-6-11(15)12(7-9)16-10-4-1-8(2-5-10)13(17)18/h3,6-8,10,16H,1-2,4-5H2,(H,17,18). The van der Waals surface area contributed by atoms with Crippen LogP contribution in [0.5, 0.6) is 0 Å². The van der Waals surface area contributed by atoms with Crippen molar-refractivity contribution in [2.45, 2.75) is 31.7 Å². The van der Waals surface area contributed by atoms with Gasteiger partial charge in [0.1, 0.15) is 11.6 Å². The predicted molar refractivity (Wildman–Crippen MR) is 63.4 cm³/mol. The molecule has 0 unspecified atom stereocenters. The molecule has 1 aromatic carbocycles. The fourth-order valence-electron chi connectivity index (χ4n) is 2.31. The number of rotatable bonds is 3. The van der Waals surface area contributed by atoms with Gasteiger partial charge >= 0.3 is 5.97 Å². The fraction of sp³-hybridized carbons (Fsp3) is 0.462. The number of hydrogen-bond acceptors (Lipinski definition) is 2. The Morgan fingerprint density at radius 1 is 1.22 bits per heavy atom. The van der Waals surface area contributed by atoms with Gasteiger partial charge in [0.2, 0.25) is 0 Å². The van der Waals surface area contributed by atoms with Gasteiger partial charge in [0.05, 0.1) is 11.6 Å². The molecular formula is C13H15F2NO2. The molecule has 98 valence electrons. The molecule has 1 fully saturated rings. The highest BCUT2D eigenvalue weighted by molar-refractivity contribution is 5.70. The van der Waals surface area contributed by atoms with Crippen LogP contribution in [-0.4, -0.2) is 17.1 Å². The number of carboxylic acids is 1. The van der Waals surface area contributed by atoms with Crippen molar-refractivity contribution >= 4 is 11.7 Å². The van der Waals surface area contributed by atoms with E-state index < -0.39 is 17.6 Å². The van der Waals surface area contributed by atoms with Gasteiger partial charge < -0.3 is 10.4 Å². The van der Waals surface area contributed by atoms with Gasteiger partial charge in [-0.05, 0) is 43.9 Å². The summed E-state index contributed by atoms with van der Waals surface area (Å²) < 4.78 is 26.4. The molecule has 0 saturated heterocycles. The zero-order valence-electron chi connectivity index (χ0n) is 9.83. The Morgan fingerprint density at radius 2 is 1.89 bits per heavy atom. The molecule has 0 amide bonds. The monoisotopic (exact) mass is 255 g/mol. The van der Waals surface area contributed by atoms with E-state index in [9.17, 15) is 13.6 Å². The van der Waals surface area contributed by atoms with E-state index in [0.717, 1.165) is 18.2 Å². The van der Waals surface area contributed by atoms with Gasteiger partial charge in [-0.25, -0.2) is 8.78 Å². The van der Waals surface area contributed by atoms with Crippen molar-refractivity contribution in [2.75, 3.05) is 5.32 Å². The molecule has 1 aliphatic carbocycles. The lowest BCUT2D eigenvalue weighted by Gasteiger charge is -2.27. The fourth-order valence-corrected chi connectivity index (χ4v) is 2.31. The lowest BCUT2D eigenvalue weighted by atomic mass is 9.86. The summed E-state index contributed by atoms with van der Waals surface area (Å²) in [5.74, 6) is -2.05. The SMILES string of the molecule is O=C(O)C1CCC(Nc2cc(F)ccc2F)CC1. The second-order valence-electron chi connectivity index (χ2n) is 4.66. The predicted octanol–water partition coefficient (Wildman–Crippen LogP) is 3.02. The first-order valence-electron chi connectivity index (χ1n) is 6.00. The average Bonchev–Trinajstić information content (AvgIpc) is 2.34. The lowest BCUT2D eigenvalue weighted by molar-refractivity contribution is -0.142. The molecule has 2 rings (SSSR count). The van der Waals surface area contributed by atoms with Gasteiger partial charge in [0.25, 0.3) is 0 Å². The number of halogens is 2. The lowest BCUT2D eigenvalue weighted by Crippen LogP contribution is -2.29. The van der Waals surface area contributed by atoms with Crippen LogP contribution in [0.3, 0.4) is 0 Å². The Balaban J connectivity index is 1.95. The van der Waals surface area contributed by atoms with E-state index in [1.807, 2.05) is 0 Å². The van der Waals surface area contributed by atoms with Crippen LogP contribution in [0, 0.1) is 17.6 Å². The van der Waals surface area contributed by atoms with Crippen molar-refractivity contribution < 1.29 is 18.7 Å². The Bertz CT molecular complexity index is 443. The minimum absolute atomic E-state index is 0.0110. The topological polar surface area (TPSA) is 49.3 Å². The molecule has 0 heterocycles. The van der Waals surface area contributed by atoms with Crippen LogP contribution < -0.4 is 5.32 Å². The van der Waals surface area contributed by atoms with E-state index >= 15 is 0 Å². The summed E-state index contributed by atoms with van der Waals surface area (Å²) in [6.07, 6.45) is 2.47. The minimum Gasteiger partial charge on any atom is -0.481 e. The molecule has 0 aliphatic heterocycles. The maximum atomic E-state index is 13.4. The molecule has 0 radical (unpaired) electrons. The van der Waals surface area contributed by atoms with Crippen molar-refractivity contribution in [1.82, 2.24) is 0 Å². The summed E-state index contributed by atoms with van der Waals surface area (Å²) >= 11 is 0. The first-order chi connectivity index (χ1) is 8.56. The summed E-state index contributed by atoms with van der Waals surface area (Å²) in [5.41, 5.74) is 0.147. The van der Waals surface area contributed by atoms with E-state index in [1.165, 1.54) is 0 Å². The molecule has 5 heteroatoms. The zero-order valence-corrected chi connectivity index (χ0v) is 9.83. The third kappa shape index (κ3) is 2.97. The first kappa shape index (κ1) is 12.8. The highest BCUT2D eigenvalue weighted by atomic mass is 19.1. The summed E-state index contributed by atoms with van der Waals surface area (Å²) in [6.45, 7) is 0. The second kappa shape index (κ2) is 5.33. The quantitative estimate of drug-likeness (QED) is 0.872. The number of anilines is 1. The Hall–Kier alpha value is -1.65. The van der Waals surface area contributed by atoms with Gasteiger partial charge in [-0.3, -0.25) is 4.79 Å². The minimum atomic E-state index is -0.773. The highest BCUT2D eigenvalue weighted by Crippen LogP contribution is 2.27. The Morgan fingerprint density at radius 3 is 2.50 bits per heavy atom. The molecule has 3 nitrogen and oxygen atoms in total. The van der Waals surface area contributed by atoms with E-state index in [-0.39, 0.29) is 17.6 Å². The zero-order chi connectivity index (χ0) is 13.1. The number of benzene rings is 1.